The van der Waals surface area contributed by atoms with Crippen LogP contribution >= 0.6 is 28.1 Å². The molecule has 0 atom stereocenters. The molecule has 3 N–H and O–H groups in total. The summed E-state index contributed by atoms with van der Waals surface area (Å²) in [6.07, 6.45) is 0. The first-order valence-electron chi connectivity index (χ1n) is 6.07. The van der Waals surface area contributed by atoms with Crippen LogP contribution in [0.1, 0.15) is 22.4 Å². The fourth-order valence-electron chi connectivity index (χ4n) is 1.85. The number of thiocarbonyl (C=S) groups is 1. The molecule has 0 saturated carbocycles. The van der Waals surface area contributed by atoms with Gasteiger partial charge in [-0.1, -0.05) is 34.2 Å². The van der Waals surface area contributed by atoms with Gasteiger partial charge in [-0.15, -0.1) is 5.10 Å². The zero-order valence-electron chi connectivity index (χ0n) is 11.5. The summed E-state index contributed by atoms with van der Waals surface area (Å²) >= 11 is 8.59. The summed E-state index contributed by atoms with van der Waals surface area (Å²) in [6.45, 7) is 5.85. The molecule has 0 aliphatic carbocycles. The first kappa shape index (κ1) is 14.9. The third-order valence-corrected chi connectivity index (χ3v) is 3.85. The van der Waals surface area contributed by atoms with E-state index in [2.05, 4.69) is 31.4 Å². The van der Waals surface area contributed by atoms with Gasteiger partial charge in [0.05, 0.1) is 11.3 Å². The molecule has 0 aliphatic rings. The van der Waals surface area contributed by atoms with Gasteiger partial charge in [0.15, 0.2) is 5.82 Å². The van der Waals surface area contributed by atoms with E-state index < -0.39 is 0 Å². The monoisotopic (exact) mass is 350 g/mol. The molecule has 2 aromatic rings. The number of benzene rings is 1. The van der Waals surface area contributed by atoms with E-state index in [-0.39, 0.29) is 0 Å². The molecule has 0 amide bonds. The van der Waals surface area contributed by atoms with Gasteiger partial charge in [-0.2, -0.15) is 5.10 Å². The number of nitrogens with two attached hydrogens (primary N) is 1. The second-order valence-electron chi connectivity index (χ2n) is 4.58. The standard InChI is InChI=1S/C14H15BrN4S/c1-7-4-5-10(15)6-11(7)17-14-12(13(16)20)8(2)9(3)18-19-14/h4-6H,1-3H3,(H2,16,20)(H,17,19). The maximum atomic E-state index is 5.82. The van der Waals surface area contributed by atoms with Crippen LogP contribution in [0.4, 0.5) is 11.5 Å². The highest BCUT2D eigenvalue weighted by Gasteiger charge is 2.14. The second kappa shape index (κ2) is 5.85. The number of rotatable bonds is 3. The number of hydrogen-bond acceptors (Lipinski definition) is 4. The Morgan fingerprint density at radius 2 is 1.95 bits per heavy atom. The van der Waals surface area contributed by atoms with Crippen LogP contribution in [0.5, 0.6) is 0 Å². The van der Waals surface area contributed by atoms with Crippen molar-refractivity contribution in [2.24, 2.45) is 5.73 Å². The van der Waals surface area contributed by atoms with E-state index in [4.69, 9.17) is 18.0 Å². The molecule has 0 bridgehead atoms. The van der Waals surface area contributed by atoms with Gasteiger partial charge in [-0.3, -0.25) is 0 Å². The van der Waals surface area contributed by atoms with Crippen molar-refractivity contribution >= 4 is 44.6 Å². The molecule has 4 nitrogen and oxygen atoms in total. The maximum absolute atomic E-state index is 5.82. The van der Waals surface area contributed by atoms with Crippen molar-refractivity contribution < 1.29 is 0 Å². The molecule has 104 valence electrons. The molecule has 0 radical (unpaired) electrons. The highest BCUT2D eigenvalue weighted by atomic mass is 79.9. The molecule has 1 aromatic carbocycles. The lowest BCUT2D eigenvalue weighted by molar-refractivity contribution is 0.963. The summed E-state index contributed by atoms with van der Waals surface area (Å²) < 4.78 is 0.985. The molecule has 0 spiro atoms. The Hall–Kier alpha value is -1.53. The van der Waals surface area contributed by atoms with E-state index in [1.807, 2.05) is 39.0 Å². The third kappa shape index (κ3) is 2.96. The maximum Gasteiger partial charge on any atom is 0.163 e. The average Bonchev–Trinajstić information content (AvgIpc) is 2.38. The Morgan fingerprint density at radius 1 is 1.25 bits per heavy atom. The molecule has 1 aromatic heterocycles. The van der Waals surface area contributed by atoms with E-state index in [1.54, 1.807) is 0 Å². The minimum atomic E-state index is 0.315. The number of anilines is 2. The lowest BCUT2D eigenvalue weighted by atomic mass is 10.1. The van der Waals surface area contributed by atoms with E-state index in [9.17, 15) is 0 Å². The Kier molecular flexibility index (Phi) is 4.35. The number of nitrogens with one attached hydrogen (secondary N) is 1. The number of nitrogens with zero attached hydrogens (tertiary/aromatic N) is 2. The SMILES string of the molecule is Cc1ccc(Br)cc1Nc1nnc(C)c(C)c1C(N)=S. The fraction of sp³-hybridized carbons (Fsp3) is 0.214. The third-order valence-electron chi connectivity index (χ3n) is 3.15. The number of aryl methyl sites for hydroxylation is 2. The van der Waals surface area contributed by atoms with Crippen molar-refractivity contribution in [3.63, 3.8) is 0 Å². The van der Waals surface area contributed by atoms with Crippen LogP contribution in [0, 0.1) is 20.8 Å². The minimum Gasteiger partial charge on any atom is -0.389 e. The van der Waals surface area contributed by atoms with Crippen molar-refractivity contribution in [3.05, 3.63) is 45.1 Å². The molecule has 0 unspecified atom stereocenters. The molecule has 0 aliphatic heterocycles. The largest absolute Gasteiger partial charge is 0.389 e. The van der Waals surface area contributed by atoms with Crippen LogP contribution < -0.4 is 11.1 Å². The van der Waals surface area contributed by atoms with Crippen molar-refractivity contribution in [2.45, 2.75) is 20.8 Å². The molecule has 1 heterocycles. The summed E-state index contributed by atoms with van der Waals surface area (Å²) in [5.41, 5.74) is 10.4. The number of halogens is 1. The van der Waals surface area contributed by atoms with Gasteiger partial charge in [0.1, 0.15) is 4.99 Å². The number of hydrogen-bond donors (Lipinski definition) is 2. The summed E-state index contributed by atoms with van der Waals surface area (Å²) in [4.78, 5) is 0.315. The van der Waals surface area contributed by atoms with Crippen molar-refractivity contribution in [3.8, 4) is 0 Å². The van der Waals surface area contributed by atoms with Gasteiger partial charge in [-0.25, -0.2) is 0 Å². The van der Waals surface area contributed by atoms with Crippen molar-refractivity contribution in [2.75, 3.05) is 5.32 Å². The van der Waals surface area contributed by atoms with Gasteiger partial charge < -0.3 is 11.1 Å². The average molecular weight is 351 g/mol. The van der Waals surface area contributed by atoms with E-state index in [0.29, 0.717) is 10.8 Å². The summed E-state index contributed by atoms with van der Waals surface area (Å²) in [5.74, 6) is 0.585. The van der Waals surface area contributed by atoms with E-state index in [0.717, 1.165) is 32.5 Å². The molecular formula is C14H15BrN4S. The van der Waals surface area contributed by atoms with Crippen LogP contribution in [0.25, 0.3) is 0 Å². The first-order valence-corrected chi connectivity index (χ1v) is 7.27. The van der Waals surface area contributed by atoms with Crippen LogP contribution in [0.3, 0.4) is 0 Å². The molecule has 6 heteroatoms. The second-order valence-corrected chi connectivity index (χ2v) is 5.94. The Balaban J connectivity index is 2.51. The lowest BCUT2D eigenvalue weighted by Gasteiger charge is -2.14. The Morgan fingerprint density at radius 3 is 2.60 bits per heavy atom. The Bertz CT molecular complexity index is 685. The highest BCUT2D eigenvalue weighted by molar-refractivity contribution is 9.10. The molecule has 2 rings (SSSR count). The van der Waals surface area contributed by atoms with Crippen molar-refractivity contribution in [1.29, 1.82) is 0 Å². The van der Waals surface area contributed by atoms with Gasteiger partial charge >= 0.3 is 0 Å². The van der Waals surface area contributed by atoms with Gasteiger partial charge in [0, 0.05) is 10.2 Å². The molecule has 0 saturated heterocycles. The quantitative estimate of drug-likeness (QED) is 0.828. The smallest absolute Gasteiger partial charge is 0.163 e. The minimum absolute atomic E-state index is 0.315. The topological polar surface area (TPSA) is 63.8 Å². The van der Waals surface area contributed by atoms with Gasteiger partial charge in [0.25, 0.3) is 0 Å². The van der Waals surface area contributed by atoms with Gasteiger partial charge in [-0.05, 0) is 44.0 Å². The molecular weight excluding hydrogens is 336 g/mol. The van der Waals surface area contributed by atoms with Crippen LogP contribution in [0.2, 0.25) is 0 Å². The molecule has 0 fully saturated rings. The summed E-state index contributed by atoms with van der Waals surface area (Å²) in [5, 5.41) is 11.6. The summed E-state index contributed by atoms with van der Waals surface area (Å²) in [7, 11) is 0. The van der Waals surface area contributed by atoms with Crippen LogP contribution in [0.15, 0.2) is 22.7 Å². The van der Waals surface area contributed by atoms with Crippen molar-refractivity contribution in [1.82, 2.24) is 10.2 Å². The predicted molar refractivity (Wildman–Crippen MR) is 89.6 cm³/mol. The fourth-order valence-corrected chi connectivity index (χ4v) is 2.46. The first-order chi connectivity index (χ1) is 9.40. The zero-order valence-corrected chi connectivity index (χ0v) is 13.9. The van der Waals surface area contributed by atoms with E-state index >= 15 is 0 Å². The Labute approximate surface area is 131 Å². The lowest BCUT2D eigenvalue weighted by Crippen LogP contribution is -2.17. The van der Waals surface area contributed by atoms with Gasteiger partial charge in [0.2, 0.25) is 0 Å². The highest BCUT2D eigenvalue weighted by Crippen LogP contribution is 2.26. The zero-order chi connectivity index (χ0) is 14.9. The number of aromatic nitrogens is 2. The van der Waals surface area contributed by atoms with Crippen LogP contribution in [-0.2, 0) is 0 Å². The van der Waals surface area contributed by atoms with E-state index in [1.165, 1.54) is 0 Å². The summed E-state index contributed by atoms with van der Waals surface area (Å²) in [6, 6.07) is 5.98. The molecule has 20 heavy (non-hydrogen) atoms. The normalized spacial score (nSPS) is 10.4. The predicted octanol–water partition coefficient (Wildman–Crippen LogP) is 3.54. The van der Waals surface area contributed by atoms with Crippen LogP contribution in [-0.4, -0.2) is 15.2 Å².